The van der Waals surface area contributed by atoms with Crippen molar-refractivity contribution >= 4 is 17.9 Å². The first-order valence-corrected chi connectivity index (χ1v) is 13.3. The van der Waals surface area contributed by atoms with Gasteiger partial charge in [-0.1, -0.05) is 63.1 Å². The second-order valence-electron chi connectivity index (χ2n) is 10.6. The van der Waals surface area contributed by atoms with E-state index in [9.17, 15) is 9.59 Å². The zero-order chi connectivity index (χ0) is 25.5. The number of aryl methyl sites for hydroxylation is 1. The molecule has 1 heterocycles. The van der Waals surface area contributed by atoms with Gasteiger partial charge in [0.1, 0.15) is 6.29 Å². The Labute approximate surface area is 215 Å². The van der Waals surface area contributed by atoms with Crippen LogP contribution in [0.4, 0.5) is 5.69 Å². The monoisotopic (exact) mass is 482 g/mol. The highest BCUT2D eigenvalue weighted by Crippen LogP contribution is 2.39. The van der Waals surface area contributed by atoms with E-state index in [1.165, 1.54) is 18.4 Å². The topological polar surface area (TPSA) is 59.1 Å². The van der Waals surface area contributed by atoms with Crippen LogP contribution in [0.3, 0.4) is 0 Å². The van der Waals surface area contributed by atoms with Crippen LogP contribution in [0.5, 0.6) is 0 Å². The second kappa shape index (κ2) is 12.1. The van der Waals surface area contributed by atoms with E-state index in [-0.39, 0.29) is 11.8 Å². The third-order valence-corrected chi connectivity index (χ3v) is 7.43. The van der Waals surface area contributed by atoms with Gasteiger partial charge in [-0.25, -0.2) is 0 Å². The summed E-state index contributed by atoms with van der Waals surface area (Å²) in [5, 5.41) is 3.24. The van der Waals surface area contributed by atoms with E-state index in [4.69, 9.17) is 0 Å². The molecule has 2 aromatic carbocycles. The van der Waals surface area contributed by atoms with Gasteiger partial charge in [-0.05, 0) is 84.4 Å². The van der Waals surface area contributed by atoms with E-state index in [2.05, 4.69) is 54.5 Å². The summed E-state index contributed by atoms with van der Waals surface area (Å²) >= 11 is 0. The van der Waals surface area contributed by atoms with Gasteiger partial charge in [0.05, 0.1) is 5.92 Å². The Morgan fingerprint density at radius 3 is 2.50 bits per heavy atom. The van der Waals surface area contributed by atoms with E-state index < -0.39 is 0 Å². The molecule has 36 heavy (non-hydrogen) atoms. The number of aromatic nitrogens is 1. The van der Waals surface area contributed by atoms with Crippen LogP contribution in [0.15, 0.2) is 60.9 Å². The van der Waals surface area contributed by atoms with Crippen molar-refractivity contribution in [3.05, 3.63) is 83.2 Å². The first-order chi connectivity index (χ1) is 17.5. The first-order valence-electron chi connectivity index (χ1n) is 13.3. The summed E-state index contributed by atoms with van der Waals surface area (Å²) in [6.45, 7) is 6.47. The number of anilines is 1. The molecule has 0 bridgehead atoms. The van der Waals surface area contributed by atoms with Crippen molar-refractivity contribution in [1.82, 2.24) is 4.98 Å². The molecule has 1 unspecified atom stereocenters. The molecule has 188 valence electrons. The number of hydrogen-bond acceptors (Lipinski definition) is 3. The van der Waals surface area contributed by atoms with Crippen LogP contribution in [0.2, 0.25) is 0 Å². The average Bonchev–Trinajstić information content (AvgIpc) is 3.39. The van der Waals surface area contributed by atoms with Gasteiger partial charge < -0.3 is 10.1 Å². The zero-order valence-electron chi connectivity index (χ0n) is 21.8. The van der Waals surface area contributed by atoms with Gasteiger partial charge in [-0.2, -0.15) is 0 Å². The van der Waals surface area contributed by atoms with Crippen molar-refractivity contribution in [2.75, 3.05) is 5.32 Å². The largest absolute Gasteiger partial charge is 0.325 e. The van der Waals surface area contributed by atoms with Gasteiger partial charge in [-0.15, -0.1) is 0 Å². The van der Waals surface area contributed by atoms with Crippen LogP contribution < -0.4 is 5.32 Å². The number of rotatable bonds is 10. The maximum atomic E-state index is 13.7. The van der Waals surface area contributed by atoms with Crippen molar-refractivity contribution in [2.45, 2.75) is 71.6 Å². The molecule has 1 aliphatic carbocycles. The summed E-state index contributed by atoms with van der Waals surface area (Å²) in [5.41, 5.74) is 7.56. The third-order valence-electron chi connectivity index (χ3n) is 7.43. The van der Waals surface area contributed by atoms with E-state index >= 15 is 0 Å². The molecular formula is C32H38N2O2. The third kappa shape index (κ3) is 6.29. The Morgan fingerprint density at radius 2 is 1.81 bits per heavy atom. The minimum atomic E-state index is -0.176. The molecule has 1 saturated carbocycles. The van der Waals surface area contributed by atoms with Crippen LogP contribution in [0.1, 0.15) is 74.1 Å². The molecule has 1 aliphatic rings. The van der Waals surface area contributed by atoms with Gasteiger partial charge in [0, 0.05) is 30.1 Å². The SMILES string of the molecule is Cc1c(CCC=O)cccc1NC(=O)C(c1ccc(-c2cncc(CC(C)C)c2)cc1)C1CCCC1. The highest BCUT2D eigenvalue weighted by atomic mass is 16.2. The smallest absolute Gasteiger partial charge is 0.232 e. The fourth-order valence-electron chi connectivity index (χ4n) is 5.55. The highest BCUT2D eigenvalue weighted by molar-refractivity contribution is 5.97. The normalized spacial score (nSPS) is 14.7. The summed E-state index contributed by atoms with van der Waals surface area (Å²) in [6, 6.07) is 16.7. The van der Waals surface area contributed by atoms with E-state index in [0.717, 1.165) is 59.1 Å². The Balaban J connectivity index is 1.57. The van der Waals surface area contributed by atoms with Gasteiger partial charge in [0.2, 0.25) is 5.91 Å². The number of hydrogen-bond donors (Lipinski definition) is 1. The standard InChI is InChI=1S/C32H38N2O2/c1-22(2)18-24-19-29(21-33-20-24)26-13-15-28(16-14-26)31(27-8-4-5-9-27)32(36)34-30-12-6-10-25(23(30)3)11-7-17-35/h6,10,12-17,19-22,27,31H,4-5,7-9,11,18H2,1-3H3,(H,34,36). The van der Waals surface area contributed by atoms with Crippen LogP contribution in [0, 0.1) is 18.8 Å². The fourth-order valence-corrected chi connectivity index (χ4v) is 5.55. The summed E-state index contributed by atoms with van der Waals surface area (Å²) in [4.78, 5) is 29.0. The Morgan fingerprint density at radius 1 is 1.06 bits per heavy atom. The lowest BCUT2D eigenvalue weighted by atomic mass is 9.83. The number of carbonyl (C=O) groups excluding carboxylic acids is 2. The summed E-state index contributed by atoms with van der Waals surface area (Å²) in [6.07, 6.45) is 11.5. The minimum Gasteiger partial charge on any atom is -0.325 e. The predicted molar refractivity (Wildman–Crippen MR) is 147 cm³/mol. The van der Waals surface area contributed by atoms with Crippen molar-refractivity contribution < 1.29 is 9.59 Å². The molecule has 0 aliphatic heterocycles. The predicted octanol–water partition coefficient (Wildman–Crippen LogP) is 7.30. The number of aldehydes is 1. The average molecular weight is 483 g/mol. The number of amides is 1. The molecule has 1 N–H and O–H groups in total. The molecule has 0 spiro atoms. The summed E-state index contributed by atoms with van der Waals surface area (Å²) < 4.78 is 0. The fraction of sp³-hybridized carbons (Fsp3) is 0.406. The molecule has 0 radical (unpaired) electrons. The number of carbonyl (C=O) groups is 2. The lowest BCUT2D eigenvalue weighted by Crippen LogP contribution is -2.27. The molecule has 0 saturated heterocycles. The van der Waals surface area contributed by atoms with Crippen LogP contribution in [0.25, 0.3) is 11.1 Å². The maximum Gasteiger partial charge on any atom is 0.232 e. The number of benzene rings is 2. The van der Waals surface area contributed by atoms with Gasteiger partial charge in [0.15, 0.2) is 0 Å². The Kier molecular flexibility index (Phi) is 8.69. The van der Waals surface area contributed by atoms with Crippen LogP contribution in [-0.4, -0.2) is 17.2 Å². The molecule has 4 rings (SSSR count). The zero-order valence-corrected chi connectivity index (χ0v) is 21.8. The van der Waals surface area contributed by atoms with Gasteiger partial charge in [0.25, 0.3) is 0 Å². The number of nitrogens with one attached hydrogen (secondary N) is 1. The molecule has 1 amide bonds. The molecule has 4 heteroatoms. The molecule has 1 aromatic heterocycles. The maximum absolute atomic E-state index is 13.7. The highest BCUT2D eigenvalue weighted by Gasteiger charge is 2.32. The van der Waals surface area contributed by atoms with Crippen molar-refractivity contribution in [1.29, 1.82) is 0 Å². The van der Waals surface area contributed by atoms with Gasteiger partial charge >= 0.3 is 0 Å². The quantitative estimate of drug-likeness (QED) is 0.308. The Bertz CT molecular complexity index is 1180. The van der Waals surface area contributed by atoms with Crippen molar-refractivity contribution in [3.8, 4) is 11.1 Å². The van der Waals surface area contributed by atoms with Crippen LogP contribution >= 0.6 is 0 Å². The molecular weight excluding hydrogens is 444 g/mol. The summed E-state index contributed by atoms with van der Waals surface area (Å²) in [5.74, 6) is 0.825. The first kappa shape index (κ1) is 25.8. The number of pyridine rings is 1. The van der Waals surface area contributed by atoms with Crippen molar-refractivity contribution in [2.24, 2.45) is 11.8 Å². The molecule has 3 aromatic rings. The van der Waals surface area contributed by atoms with Gasteiger partial charge in [-0.3, -0.25) is 9.78 Å². The second-order valence-corrected chi connectivity index (χ2v) is 10.6. The molecule has 4 nitrogen and oxygen atoms in total. The number of nitrogens with zero attached hydrogens (tertiary/aromatic N) is 1. The van der Waals surface area contributed by atoms with E-state index in [1.807, 2.05) is 37.5 Å². The lowest BCUT2D eigenvalue weighted by Gasteiger charge is -2.24. The molecule has 1 atom stereocenters. The van der Waals surface area contributed by atoms with Crippen LogP contribution in [-0.2, 0) is 22.4 Å². The molecule has 1 fully saturated rings. The van der Waals surface area contributed by atoms with E-state index in [0.29, 0.717) is 24.7 Å². The Hall–Kier alpha value is -3.27. The minimum absolute atomic E-state index is 0.0610. The van der Waals surface area contributed by atoms with Crippen molar-refractivity contribution in [3.63, 3.8) is 0 Å². The summed E-state index contributed by atoms with van der Waals surface area (Å²) in [7, 11) is 0. The van der Waals surface area contributed by atoms with E-state index in [1.54, 1.807) is 0 Å². The lowest BCUT2D eigenvalue weighted by molar-refractivity contribution is -0.118.